The van der Waals surface area contributed by atoms with Crippen molar-refractivity contribution in [1.82, 2.24) is 5.32 Å². The van der Waals surface area contributed by atoms with Gasteiger partial charge >= 0.3 is 0 Å². The van der Waals surface area contributed by atoms with Crippen LogP contribution in [0.15, 0.2) is 12.1 Å². The van der Waals surface area contributed by atoms with E-state index in [4.69, 9.17) is 0 Å². The van der Waals surface area contributed by atoms with Gasteiger partial charge in [0.2, 0.25) is 0 Å². The van der Waals surface area contributed by atoms with Gasteiger partial charge in [-0.25, -0.2) is 13.2 Å². The predicted octanol–water partition coefficient (Wildman–Crippen LogP) is 3.42. The first-order valence-electron chi connectivity index (χ1n) is 6.33. The maximum atomic E-state index is 13.7. The van der Waals surface area contributed by atoms with E-state index < -0.39 is 17.5 Å². The van der Waals surface area contributed by atoms with Gasteiger partial charge in [-0.15, -0.1) is 0 Å². The average Bonchev–Trinajstić information content (AvgIpc) is 2.76. The van der Waals surface area contributed by atoms with Gasteiger partial charge in [0.05, 0.1) is 0 Å². The molecule has 0 spiro atoms. The first kappa shape index (κ1) is 13.4. The van der Waals surface area contributed by atoms with Crippen molar-refractivity contribution in [3.8, 4) is 0 Å². The molecule has 1 aromatic rings. The van der Waals surface area contributed by atoms with Crippen LogP contribution in [0.3, 0.4) is 0 Å². The average molecular weight is 257 g/mol. The Labute approximate surface area is 105 Å². The van der Waals surface area contributed by atoms with Crippen LogP contribution in [0.1, 0.15) is 32.3 Å². The molecular formula is C14H18F3N. The maximum Gasteiger partial charge on any atom is 0.161 e. The lowest BCUT2D eigenvalue weighted by Crippen LogP contribution is -2.46. The molecule has 2 rings (SSSR count). The third-order valence-electron chi connectivity index (χ3n) is 3.98. The van der Waals surface area contributed by atoms with Crippen LogP contribution in [-0.2, 0) is 6.42 Å². The van der Waals surface area contributed by atoms with E-state index in [9.17, 15) is 13.2 Å². The highest BCUT2D eigenvalue weighted by Crippen LogP contribution is 2.32. The molecule has 0 radical (unpaired) electrons. The summed E-state index contributed by atoms with van der Waals surface area (Å²) in [6.45, 7) is 5.02. The molecule has 100 valence electrons. The number of rotatable bonds is 3. The fourth-order valence-electron chi connectivity index (χ4n) is 2.72. The zero-order valence-electron chi connectivity index (χ0n) is 10.7. The molecule has 1 aliphatic rings. The van der Waals surface area contributed by atoms with Gasteiger partial charge in [-0.05, 0) is 43.4 Å². The van der Waals surface area contributed by atoms with Gasteiger partial charge in [-0.2, -0.15) is 0 Å². The van der Waals surface area contributed by atoms with Crippen LogP contribution >= 0.6 is 0 Å². The summed E-state index contributed by atoms with van der Waals surface area (Å²) in [5, 5.41) is 3.40. The molecule has 0 saturated carbocycles. The van der Waals surface area contributed by atoms with E-state index in [-0.39, 0.29) is 11.1 Å². The normalized spacial score (nSPS) is 23.9. The number of hydrogen-bond donors (Lipinski definition) is 1. The van der Waals surface area contributed by atoms with Crippen LogP contribution in [0.2, 0.25) is 0 Å². The van der Waals surface area contributed by atoms with E-state index in [0.29, 0.717) is 18.4 Å². The van der Waals surface area contributed by atoms with Crippen molar-refractivity contribution in [2.24, 2.45) is 5.92 Å². The summed E-state index contributed by atoms with van der Waals surface area (Å²) in [4.78, 5) is 0. The van der Waals surface area contributed by atoms with Crippen LogP contribution < -0.4 is 5.32 Å². The molecule has 1 aromatic carbocycles. The Bertz CT molecular complexity index is 437. The van der Waals surface area contributed by atoms with Crippen molar-refractivity contribution in [2.45, 2.75) is 38.6 Å². The monoisotopic (exact) mass is 257 g/mol. The lowest BCUT2D eigenvalue weighted by Gasteiger charge is -2.34. The molecule has 4 heteroatoms. The van der Waals surface area contributed by atoms with Crippen molar-refractivity contribution in [2.75, 3.05) is 6.54 Å². The summed E-state index contributed by atoms with van der Waals surface area (Å²) in [7, 11) is 0. The van der Waals surface area contributed by atoms with Crippen molar-refractivity contribution < 1.29 is 13.2 Å². The standard InChI is InChI=1S/C14H18F3N/c1-9(2)14(4-3-5-18-14)8-10-6-12(16)13(17)7-11(10)15/h6-7,9,18H,3-5,8H2,1-2H3. The third kappa shape index (κ3) is 2.39. The van der Waals surface area contributed by atoms with Crippen molar-refractivity contribution >= 4 is 0 Å². The van der Waals surface area contributed by atoms with Gasteiger partial charge in [-0.1, -0.05) is 13.8 Å². The minimum atomic E-state index is -1.13. The Kier molecular flexibility index (Phi) is 3.66. The minimum absolute atomic E-state index is 0.203. The molecule has 1 aliphatic heterocycles. The van der Waals surface area contributed by atoms with Gasteiger partial charge in [0, 0.05) is 11.6 Å². The smallest absolute Gasteiger partial charge is 0.161 e. The van der Waals surface area contributed by atoms with Crippen molar-refractivity contribution in [3.05, 3.63) is 35.1 Å². The Morgan fingerprint density at radius 2 is 1.83 bits per heavy atom. The zero-order chi connectivity index (χ0) is 13.3. The molecule has 0 bridgehead atoms. The maximum absolute atomic E-state index is 13.7. The summed E-state index contributed by atoms with van der Waals surface area (Å²) in [6.07, 6.45) is 2.36. The number of hydrogen-bond acceptors (Lipinski definition) is 1. The molecule has 1 atom stereocenters. The summed E-state index contributed by atoms with van der Waals surface area (Å²) >= 11 is 0. The molecule has 0 aromatic heterocycles. The highest BCUT2D eigenvalue weighted by atomic mass is 19.2. The van der Waals surface area contributed by atoms with Crippen molar-refractivity contribution in [3.63, 3.8) is 0 Å². The van der Waals surface area contributed by atoms with E-state index in [0.717, 1.165) is 25.5 Å². The van der Waals surface area contributed by atoms with Gasteiger partial charge in [0.15, 0.2) is 11.6 Å². The van der Waals surface area contributed by atoms with Gasteiger partial charge in [0.1, 0.15) is 5.82 Å². The number of nitrogens with one attached hydrogen (secondary N) is 1. The summed E-state index contributed by atoms with van der Waals surface area (Å²) in [5.74, 6) is -2.47. The fraction of sp³-hybridized carbons (Fsp3) is 0.571. The van der Waals surface area contributed by atoms with Gasteiger partial charge < -0.3 is 5.32 Å². The fourth-order valence-corrected chi connectivity index (χ4v) is 2.72. The SMILES string of the molecule is CC(C)C1(Cc2cc(F)c(F)cc2F)CCCN1. The molecule has 1 heterocycles. The summed E-state index contributed by atoms with van der Waals surface area (Å²) in [6, 6.07) is 1.61. The van der Waals surface area contributed by atoms with E-state index in [1.807, 2.05) is 0 Å². The minimum Gasteiger partial charge on any atom is -0.311 e. The van der Waals surface area contributed by atoms with Crippen LogP contribution in [0, 0.1) is 23.4 Å². The van der Waals surface area contributed by atoms with Crippen LogP contribution in [-0.4, -0.2) is 12.1 Å². The van der Waals surface area contributed by atoms with E-state index in [1.54, 1.807) is 0 Å². The second kappa shape index (κ2) is 4.92. The van der Waals surface area contributed by atoms with Crippen LogP contribution in [0.4, 0.5) is 13.2 Å². The highest BCUT2D eigenvalue weighted by Gasteiger charge is 2.37. The second-order valence-electron chi connectivity index (χ2n) is 5.38. The lowest BCUT2D eigenvalue weighted by atomic mass is 9.79. The number of benzene rings is 1. The van der Waals surface area contributed by atoms with E-state index in [1.165, 1.54) is 0 Å². The van der Waals surface area contributed by atoms with E-state index >= 15 is 0 Å². The zero-order valence-corrected chi connectivity index (χ0v) is 10.7. The van der Waals surface area contributed by atoms with Crippen molar-refractivity contribution in [1.29, 1.82) is 0 Å². The first-order chi connectivity index (χ1) is 8.44. The predicted molar refractivity (Wildman–Crippen MR) is 64.8 cm³/mol. The first-order valence-corrected chi connectivity index (χ1v) is 6.33. The Hall–Kier alpha value is -1.03. The summed E-state index contributed by atoms with van der Waals surface area (Å²) < 4.78 is 39.8. The molecule has 1 saturated heterocycles. The van der Waals surface area contributed by atoms with Crippen LogP contribution in [0.5, 0.6) is 0 Å². The molecule has 18 heavy (non-hydrogen) atoms. The van der Waals surface area contributed by atoms with Gasteiger partial charge in [-0.3, -0.25) is 0 Å². The molecule has 1 nitrogen and oxygen atoms in total. The molecule has 1 unspecified atom stereocenters. The molecule has 1 N–H and O–H groups in total. The molecule has 0 amide bonds. The third-order valence-corrected chi connectivity index (χ3v) is 3.98. The Balaban J connectivity index is 2.30. The quantitative estimate of drug-likeness (QED) is 0.818. The van der Waals surface area contributed by atoms with Crippen LogP contribution in [0.25, 0.3) is 0 Å². The largest absolute Gasteiger partial charge is 0.311 e. The Morgan fingerprint density at radius 1 is 1.17 bits per heavy atom. The van der Waals surface area contributed by atoms with Gasteiger partial charge in [0.25, 0.3) is 0 Å². The molecule has 0 aliphatic carbocycles. The topological polar surface area (TPSA) is 12.0 Å². The molecule has 1 fully saturated rings. The highest BCUT2D eigenvalue weighted by molar-refractivity contribution is 5.23. The molecular weight excluding hydrogens is 239 g/mol. The van der Waals surface area contributed by atoms with E-state index in [2.05, 4.69) is 19.2 Å². The second-order valence-corrected chi connectivity index (χ2v) is 5.38. The summed E-state index contributed by atoms with van der Waals surface area (Å²) in [5.41, 5.74) is 0.0440. The number of halogens is 3. The Morgan fingerprint density at radius 3 is 2.39 bits per heavy atom. The lowest BCUT2D eigenvalue weighted by molar-refractivity contribution is 0.266.